The monoisotopic (exact) mass is 457 g/mol. The molecule has 0 spiro atoms. The van der Waals surface area contributed by atoms with E-state index >= 15 is 0 Å². The number of hydrogen-bond donors (Lipinski definition) is 1. The Hall–Kier alpha value is -1.75. The van der Waals surface area contributed by atoms with Gasteiger partial charge in [0.1, 0.15) is 0 Å². The highest BCUT2D eigenvalue weighted by atomic mass is 35.5. The maximum atomic E-state index is 10.6. The number of aliphatic carboxylic acids is 1. The summed E-state index contributed by atoms with van der Waals surface area (Å²) in [5.74, 6) is 0.365. The Labute approximate surface area is 196 Å². The Morgan fingerprint density at radius 1 is 0.903 bits per heavy atom. The number of benzene rings is 2. The van der Waals surface area contributed by atoms with Crippen molar-refractivity contribution in [3.8, 4) is 0 Å². The summed E-state index contributed by atoms with van der Waals surface area (Å²) < 4.78 is 0. The summed E-state index contributed by atoms with van der Waals surface area (Å²) in [6.07, 6.45) is 6.73. The van der Waals surface area contributed by atoms with Gasteiger partial charge in [-0.1, -0.05) is 60.9 Å². The number of carboxylic acid groups (broad SMARTS) is 1. The molecule has 166 valence electrons. The second kappa shape index (κ2) is 11.8. The molecule has 1 saturated heterocycles. The minimum atomic E-state index is -0.674. The van der Waals surface area contributed by atoms with Crippen LogP contribution in [0.25, 0.3) is 5.57 Å². The molecular weight excluding hydrogens is 426 g/mol. The lowest BCUT2D eigenvalue weighted by atomic mass is 9.86. The molecule has 3 nitrogen and oxygen atoms in total. The number of unbranched alkanes of at least 4 members (excludes halogenated alkanes) is 3. The van der Waals surface area contributed by atoms with E-state index in [1.165, 1.54) is 33.6 Å². The summed E-state index contributed by atoms with van der Waals surface area (Å²) in [5, 5.41) is 8.73. The maximum Gasteiger partial charge on any atom is 0.303 e. The van der Waals surface area contributed by atoms with E-state index < -0.39 is 5.97 Å². The third kappa shape index (κ3) is 6.15. The predicted octanol–water partition coefficient (Wildman–Crippen LogP) is 6.65. The van der Waals surface area contributed by atoms with Gasteiger partial charge in [0.15, 0.2) is 0 Å². The minimum absolute atomic E-state index is 0. The second-order valence-corrected chi connectivity index (χ2v) is 9.34. The van der Waals surface area contributed by atoms with Gasteiger partial charge in [0.25, 0.3) is 0 Å². The molecule has 2 aliphatic rings. The number of carboxylic acids is 1. The van der Waals surface area contributed by atoms with Crippen molar-refractivity contribution in [1.29, 1.82) is 0 Å². The van der Waals surface area contributed by atoms with Gasteiger partial charge in [0, 0.05) is 30.2 Å². The van der Waals surface area contributed by atoms with Crippen LogP contribution in [0.15, 0.2) is 59.0 Å². The molecule has 0 bridgehead atoms. The van der Waals surface area contributed by atoms with E-state index in [0.717, 1.165) is 57.5 Å². The third-order valence-electron chi connectivity index (χ3n) is 6.25. The summed E-state index contributed by atoms with van der Waals surface area (Å²) >= 11 is 1.96. The fourth-order valence-electron chi connectivity index (χ4n) is 4.63. The lowest BCUT2D eigenvalue weighted by Gasteiger charge is -2.30. The van der Waals surface area contributed by atoms with Gasteiger partial charge in [-0.2, -0.15) is 0 Å². The number of carbonyl (C=O) groups is 1. The number of thioether (sulfide) groups is 1. The van der Waals surface area contributed by atoms with E-state index in [1.807, 2.05) is 11.8 Å². The molecule has 0 radical (unpaired) electrons. The Bertz CT molecular complexity index is 868. The third-order valence-corrected chi connectivity index (χ3v) is 7.38. The highest BCUT2D eigenvalue weighted by Crippen LogP contribution is 2.43. The quantitative estimate of drug-likeness (QED) is 0.472. The standard InChI is InChI=1S/C26H31NO2S.ClH/c28-25(29)13-3-1-2-8-16-27-17-14-20(15-18-27)26-22-10-5-4-9-21(22)19-30-24-12-7-6-11-23(24)26;/h4-7,9-12H,1-3,8,13-19H2,(H,28,29);1H. The van der Waals surface area contributed by atoms with E-state index in [-0.39, 0.29) is 12.4 Å². The molecule has 2 aliphatic heterocycles. The number of piperidine rings is 1. The second-order valence-electron chi connectivity index (χ2n) is 8.32. The van der Waals surface area contributed by atoms with Crippen molar-refractivity contribution >= 4 is 35.7 Å². The zero-order valence-electron chi connectivity index (χ0n) is 18.0. The zero-order chi connectivity index (χ0) is 20.8. The number of halogens is 1. The zero-order valence-corrected chi connectivity index (χ0v) is 19.6. The summed E-state index contributed by atoms with van der Waals surface area (Å²) in [4.78, 5) is 14.6. The molecule has 0 saturated carbocycles. The first-order valence-corrected chi connectivity index (χ1v) is 12.2. The first-order valence-electron chi connectivity index (χ1n) is 11.2. The van der Waals surface area contributed by atoms with Gasteiger partial charge in [-0.15, -0.1) is 24.2 Å². The number of likely N-dealkylation sites (tertiary alicyclic amines) is 1. The minimum Gasteiger partial charge on any atom is -0.481 e. The largest absolute Gasteiger partial charge is 0.481 e. The highest BCUT2D eigenvalue weighted by molar-refractivity contribution is 7.98. The van der Waals surface area contributed by atoms with E-state index in [4.69, 9.17) is 5.11 Å². The predicted molar refractivity (Wildman–Crippen MR) is 132 cm³/mol. The van der Waals surface area contributed by atoms with Gasteiger partial charge in [0.2, 0.25) is 0 Å². The number of hydrogen-bond acceptors (Lipinski definition) is 3. The van der Waals surface area contributed by atoms with Crippen LogP contribution < -0.4 is 0 Å². The lowest BCUT2D eigenvalue weighted by molar-refractivity contribution is -0.137. The first kappa shape index (κ1) is 23.9. The first-order chi connectivity index (χ1) is 14.7. The number of nitrogens with zero attached hydrogens (tertiary/aromatic N) is 1. The van der Waals surface area contributed by atoms with Crippen LogP contribution in [0, 0.1) is 0 Å². The highest BCUT2D eigenvalue weighted by Gasteiger charge is 2.23. The van der Waals surface area contributed by atoms with Crippen molar-refractivity contribution < 1.29 is 9.90 Å². The van der Waals surface area contributed by atoms with Crippen LogP contribution >= 0.6 is 24.2 Å². The molecule has 2 heterocycles. The van der Waals surface area contributed by atoms with Crippen molar-refractivity contribution in [2.75, 3.05) is 19.6 Å². The van der Waals surface area contributed by atoms with Crippen LogP contribution in [0.4, 0.5) is 0 Å². The van der Waals surface area contributed by atoms with Gasteiger partial charge in [0.05, 0.1) is 0 Å². The van der Waals surface area contributed by atoms with Crippen LogP contribution in [-0.2, 0) is 10.5 Å². The normalized spacial score (nSPS) is 16.1. The molecule has 0 amide bonds. The van der Waals surface area contributed by atoms with Gasteiger partial charge < -0.3 is 10.0 Å². The van der Waals surface area contributed by atoms with Crippen molar-refractivity contribution in [2.24, 2.45) is 0 Å². The van der Waals surface area contributed by atoms with Crippen LogP contribution in [0.1, 0.15) is 61.6 Å². The average molecular weight is 458 g/mol. The molecule has 0 aromatic heterocycles. The van der Waals surface area contributed by atoms with Crippen LogP contribution in [0.3, 0.4) is 0 Å². The molecule has 1 N–H and O–H groups in total. The smallest absolute Gasteiger partial charge is 0.303 e. The van der Waals surface area contributed by atoms with Crippen molar-refractivity contribution in [1.82, 2.24) is 4.90 Å². The molecule has 2 aromatic carbocycles. The Morgan fingerprint density at radius 2 is 1.58 bits per heavy atom. The summed E-state index contributed by atoms with van der Waals surface area (Å²) in [6.45, 7) is 3.40. The van der Waals surface area contributed by atoms with E-state index in [9.17, 15) is 4.79 Å². The number of rotatable bonds is 7. The SMILES string of the molecule is Cl.O=C(O)CCCCCCN1CCC(=C2c3ccccc3CSc3ccccc32)CC1. The Kier molecular flexibility index (Phi) is 9.06. The van der Waals surface area contributed by atoms with E-state index in [0.29, 0.717) is 6.42 Å². The van der Waals surface area contributed by atoms with Gasteiger partial charge in [-0.3, -0.25) is 4.79 Å². The van der Waals surface area contributed by atoms with Gasteiger partial charge >= 0.3 is 5.97 Å². The maximum absolute atomic E-state index is 10.6. The van der Waals surface area contributed by atoms with Crippen LogP contribution in [0.2, 0.25) is 0 Å². The molecule has 0 aliphatic carbocycles. The Balaban J connectivity index is 0.00000272. The van der Waals surface area contributed by atoms with Crippen LogP contribution in [0.5, 0.6) is 0 Å². The van der Waals surface area contributed by atoms with E-state index in [1.54, 1.807) is 5.57 Å². The molecule has 5 heteroatoms. The Morgan fingerprint density at radius 3 is 2.35 bits per heavy atom. The molecule has 0 atom stereocenters. The summed E-state index contributed by atoms with van der Waals surface area (Å²) in [5.41, 5.74) is 7.38. The topological polar surface area (TPSA) is 40.5 Å². The number of fused-ring (bicyclic) bond motifs is 2. The fourth-order valence-corrected chi connectivity index (χ4v) is 5.70. The average Bonchev–Trinajstić information content (AvgIpc) is 2.93. The molecule has 0 unspecified atom stereocenters. The van der Waals surface area contributed by atoms with Gasteiger partial charge in [-0.25, -0.2) is 0 Å². The van der Waals surface area contributed by atoms with Crippen LogP contribution in [-0.4, -0.2) is 35.6 Å². The lowest BCUT2D eigenvalue weighted by Crippen LogP contribution is -2.32. The summed E-state index contributed by atoms with van der Waals surface area (Å²) in [6, 6.07) is 17.8. The molecular formula is C26H32ClNO2S. The molecule has 2 aromatic rings. The van der Waals surface area contributed by atoms with E-state index in [2.05, 4.69) is 53.4 Å². The molecule has 4 rings (SSSR count). The van der Waals surface area contributed by atoms with Crippen molar-refractivity contribution in [2.45, 2.75) is 55.6 Å². The van der Waals surface area contributed by atoms with Crippen molar-refractivity contribution in [3.63, 3.8) is 0 Å². The van der Waals surface area contributed by atoms with Crippen molar-refractivity contribution in [3.05, 3.63) is 70.8 Å². The van der Waals surface area contributed by atoms with Gasteiger partial charge in [-0.05, 0) is 60.6 Å². The summed E-state index contributed by atoms with van der Waals surface area (Å²) in [7, 11) is 0. The molecule has 31 heavy (non-hydrogen) atoms. The molecule has 1 fully saturated rings. The fraction of sp³-hybridized carbons (Fsp3) is 0.423.